The highest BCUT2D eigenvalue weighted by Crippen LogP contribution is 2.26. The molecule has 0 aliphatic carbocycles. The Morgan fingerprint density at radius 1 is 1.28 bits per heavy atom. The minimum absolute atomic E-state index is 0.0969. The predicted octanol–water partition coefficient (Wildman–Crippen LogP) is 2.64. The van der Waals surface area contributed by atoms with Crippen LogP contribution in [0.1, 0.15) is 54.2 Å². The molecule has 1 saturated heterocycles. The van der Waals surface area contributed by atoms with E-state index in [1.54, 1.807) is 0 Å². The first kappa shape index (κ1) is 19.4. The predicted molar refractivity (Wildman–Crippen MR) is 110 cm³/mol. The van der Waals surface area contributed by atoms with Crippen LogP contribution >= 0.6 is 0 Å². The second-order valence-electron chi connectivity index (χ2n) is 7.76. The smallest absolute Gasteiger partial charge is 0.272 e. The van der Waals surface area contributed by atoms with Gasteiger partial charge in [-0.1, -0.05) is 29.8 Å². The lowest BCUT2D eigenvalue weighted by Crippen LogP contribution is -2.30. The largest absolute Gasteiger partial charge is 0.381 e. The third kappa shape index (κ3) is 4.40. The highest BCUT2D eigenvalue weighted by atomic mass is 16.5. The molecule has 4 rings (SSSR count). The monoisotopic (exact) mass is 394 g/mol. The minimum Gasteiger partial charge on any atom is -0.381 e. The topological polar surface area (TPSA) is 88.5 Å². The van der Waals surface area contributed by atoms with Crippen LogP contribution in [0.5, 0.6) is 0 Å². The summed E-state index contributed by atoms with van der Waals surface area (Å²) >= 11 is 0. The summed E-state index contributed by atoms with van der Waals surface area (Å²) < 4.78 is 6.88. The van der Waals surface area contributed by atoms with Gasteiger partial charge in [-0.2, -0.15) is 0 Å². The van der Waals surface area contributed by atoms with E-state index < -0.39 is 0 Å². The van der Waals surface area contributed by atoms with Gasteiger partial charge in [0.1, 0.15) is 0 Å². The number of carbonyl (C=O) groups excluding carboxylic acids is 1. The number of hydrogen-bond acceptors (Lipinski definition) is 4. The van der Waals surface area contributed by atoms with E-state index in [-0.39, 0.29) is 17.5 Å². The van der Waals surface area contributed by atoms with Gasteiger partial charge in [0, 0.05) is 37.0 Å². The second kappa shape index (κ2) is 8.21. The molecule has 1 aliphatic heterocycles. The number of hydrogen-bond donors (Lipinski definition) is 2. The van der Waals surface area contributed by atoms with Crippen LogP contribution in [0, 0.1) is 6.92 Å². The number of nitrogens with one attached hydrogen (secondary N) is 2. The van der Waals surface area contributed by atoms with Crippen molar-refractivity contribution in [2.24, 2.45) is 0 Å². The number of aromatic nitrogens is 3. The van der Waals surface area contributed by atoms with Gasteiger partial charge in [0.2, 0.25) is 5.91 Å². The van der Waals surface area contributed by atoms with Crippen molar-refractivity contribution < 1.29 is 9.53 Å². The molecule has 0 radical (unpaired) electrons. The van der Waals surface area contributed by atoms with Gasteiger partial charge in [0.15, 0.2) is 5.65 Å². The number of amides is 1. The van der Waals surface area contributed by atoms with Crippen LogP contribution in [-0.2, 0) is 16.0 Å². The molecule has 0 spiro atoms. The maximum absolute atomic E-state index is 12.6. The fraction of sp³-hybridized carbons (Fsp3) is 0.409. The first-order valence-corrected chi connectivity index (χ1v) is 10.0. The van der Waals surface area contributed by atoms with Crippen molar-refractivity contribution in [3.63, 3.8) is 0 Å². The quantitative estimate of drug-likeness (QED) is 0.696. The Labute approximate surface area is 169 Å². The normalized spacial score (nSPS) is 16.1. The SMILES string of the molecule is Cc1ccc(CC(=O)NC(C)c2cc(=O)n3[nH]c(C4CCOCC4)cc3n2)cc1. The van der Waals surface area contributed by atoms with Gasteiger partial charge in [0.05, 0.1) is 18.2 Å². The Morgan fingerprint density at radius 2 is 2.00 bits per heavy atom. The first-order chi connectivity index (χ1) is 14.0. The molecule has 0 bridgehead atoms. The van der Waals surface area contributed by atoms with Gasteiger partial charge in [-0.25, -0.2) is 9.50 Å². The maximum atomic E-state index is 12.6. The van der Waals surface area contributed by atoms with Crippen LogP contribution in [0.15, 0.2) is 41.2 Å². The lowest BCUT2D eigenvalue weighted by molar-refractivity contribution is -0.121. The number of fused-ring (bicyclic) bond motifs is 1. The molecule has 7 nitrogen and oxygen atoms in total. The number of rotatable bonds is 5. The van der Waals surface area contributed by atoms with Crippen molar-refractivity contribution >= 4 is 11.6 Å². The molecule has 0 saturated carbocycles. The van der Waals surface area contributed by atoms with Gasteiger partial charge in [0.25, 0.3) is 5.56 Å². The highest BCUT2D eigenvalue weighted by molar-refractivity contribution is 5.79. The zero-order valence-corrected chi connectivity index (χ0v) is 16.8. The average Bonchev–Trinajstić information content (AvgIpc) is 3.15. The van der Waals surface area contributed by atoms with E-state index in [1.165, 1.54) is 10.6 Å². The van der Waals surface area contributed by atoms with Crippen molar-refractivity contribution in [2.75, 3.05) is 13.2 Å². The van der Waals surface area contributed by atoms with Gasteiger partial charge < -0.3 is 10.1 Å². The third-order valence-corrected chi connectivity index (χ3v) is 5.46. The van der Waals surface area contributed by atoms with Crippen LogP contribution in [0.3, 0.4) is 0 Å². The van der Waals surface area contributed by atoms with Gasteiger partial charge in [-0.3, -0.25) is 14.7 Å². The summed E-state index contributed by atoms with van der Waals surface area (Å²) in [6, 6.07) is 10.9. The van der Waals surface area contributed by atoms with E-state index in [2.05, 4.69) is 15.4 Å². The molecule has 1 atom stereocenters. The molecular formula is C22H26N4O3. The Balaban J connectivity index is 1.49. The molecular weight excluding hydrogens is 368 g/mol. The van der Waals surface area contributed by atoms with Crippen molar-refractivity contribution in [2.45, 2.75) is 45.1 Å². The molecule has 1 fully saturated rings. The summed E-state index contributed by atoms with van der Waals surface area (Å²) in [5.41, 5.74) is 4.08. The number of aryl methyl sites for hydroxylation is 1. The molecule has 1 amide bonds. The van der Waals surface area contributed by atoms with Crippen molar-refractivity contribution in [3.8, 4) is 0 Å². The fourth-order valence-electron chi connectivity index (χ4n) is 3.73. The van der Waals surface area contributed by atoms with Crippen molar-refractivity contribution in [1.82, 2.24) is 19.9 Å². The number of H-pyrrole nitrogens is 1. The standard InChI is InChI=1S/C22H26N4O3/c1-14-3-5-16(6-4-14)11-21(27)23-15(2)18-13-22(28)26-20(24-18)12-19(25-26)17-7-9-29-10-8-17/h3-6,12-13,15,17,25H,7-11H2,1-2H3,(H,23,27). The third-order valence-electron chi connectivity index (χ3n) is 5.46. The number of carbonyl (C=O) groups is 1. The summed E-state index contributed by atoms with van der Waals surface area (Å²) in [6.07, 6.45) is 2.16. The molecule has 1 aliphatic rings. The molecule has 1 unspecified atom stereocenters. The van der Waals surface area contributed by atoms with Gasteiger partial charge in [-0.15, -0.1) is 0 Å². The van der Waals surface area contributed by atoms with E-state index in [0.29, 0.717) is 23.7 Å². The number of ether oxygens (including phenoxy) is 1. The molecule has 2 N–H and O–H groups in total. The number of nitrogens with zero attached hydrogens (tertiary/aromatic N) is 2. The second-order valence-corrected chi connectivity index (χ2v) is 7.76. The summed E-state index contributed by atoms with van der Waals surface area (Å²) in [5, 5.41) is 6.12. The van der Waals surface area contributed by atoms with Gasteiger partial charge >= 0.3 is 0 Å². The van der Waals surface area contributed by atoms with E-state index in [9.17, 15) is 9.59 Å². The Bertz CT molecular complexity index is 1060. The Kier molecular flexibility index (Phi) is 5.49. The zero-order chi connectivity index (χ0) is 20.4. The Morgan fingerprint density at radius 3 is 2.72 bits per heavy atom. The van der Waals surface area contributed by atoms with Crippen LogP contribution in [-0.4, -0.2) is 33.7 Å². The maximum Gasteiger partial charge on any atom is 0.272 e. The van der Waals surface area contributed by atoms with Gasteiger partial charge in [-0.05, 0) is 32.3 Å². The summed E-state index contributed by atoms with van der Waals surface area (Å²) in [4.78, 5) is 29.6. The average molecular weight is 394 g/mol. The summed E-state index contributed by atoms with van der Waals surface area (Å²) in [6.45, 7) is 5.33. The summed E-state index contributed by atoms with van der Waals surface area (Å²) in [7, 11) is 0. The minimum atomic E-state index is -0.355. The van der Waals surface area contributed by atoms with Crippen LogP contribution in [0.2, 0.25) is 0 Å². The van der Waals surface area contributed by atoms with E-state index in [1.807, 2.05) is 44.2 Å². The van der Waals surface area contributed by atoms with E-state index >= 15 is 0 Å². The molecule has 152 valence electrons. The number of aromatic amines is 1. The first-order valence-electron chi connectivity index (χ1n) is 10.0. The molecule has 3 heterocycles. The van der Waals surface area contributed by atoms with Crippen LogP contribution < -0.4 is 10.9 Å². The van der Waals surface area contributed by atoms with E-state index in [4.69, 9.17) is 4.74 Å². The lowest BCUT2D eigenvalue weighted by Gasteiger charge is -2.20. The summed E-state index contributed by atoms with van der Waals surface area (Å²) in [5.74, 6) is 0.250. The number of benzene rings is 1. The van der Waals surface area contributed by atoms with Crippen LogP contribution in [0.25, 0.3) is 5.65 Å². The highest BCUT2D eigenvalue weighted by Gasteiger charge is 2.20. The lowest BCUT2D eigenvalue weighted by atomic mass is 9.97. The molecule has 29 heavy (non-hydrogen) atoms. The van der Waals surface area contributed by atoms with Crippen LogP contribution in [0.4, 0.5) is 0 Å². The molecule has 7 heteroatoms. The Hall–Kier alpha value is -2.93. The van der Waals surface area contributed by atoms with E-state index in [0.717, 1.165) is 42.9 Å². The fourth-order valence-corrected chi connectivity index (χ4v) is 3.73. The van der Waals surface area contributed by atoms with Crippen molar-refractivity contribution in [3.05, 3.63) is 69.3 Å². The molecule has 2 aromatic heterocycles. The molecule has 3 aromatic rings. The molecule has 1 aromatic carbocycles. The zero-order valence-electron chi connectivity index (χ0n) is 16.8. The van der Waals surface area contributed by atoms with Crippen molar-refractivity contribution in [1.29, 1.82) is 0 Å².